The predicted molar refractivity (Wildman–Crippen MR) is 96.3 cm³/mol. The maximum atomic E-state index is 12.5. The molecule has 2 bridgehead atoms. The number of aliphatic imine (C=N–C) groups is 1. The van der Waals surface area contributed by atoms with Crippen molar-refractivity contribution in [2.75, 3.05) is 33.3 Å². The summed E-state index contributed by atoms with van der Waals surface area (Å²) < 4.78 is 0. The Kier molecular flexibility index (Phi) is 6.01. The van der Waals surface area contributed by atoms with Gasteiger partial charge in [0.25, 0.3) is 0 Å². The van der Waals surface area contributed by atoms with Gasteiger partial charge in [0.2, 0.25) is 11.8 Å². The van der Waals surface area contributed by atoms with Crippen molar-refractivity contribution in [1.82, 2.24) is 15.5 Å². The fourth-order valence-electron chi connectivity index (χ4n) is 3.87. The molecule has 4 atom stereocenters. The number of rotatable bonds is 5. The van der Waals surface area contributed by atoms with Gasteiger partial charge in [0, 0.05) is 26.7 Å². The number of imide groups is 1. The summed E-state index contributed by atoms with van der Waals surface area (Å²) in [4.78, 5) is 30.3. The summed E-state index contributed by atoms with van der Waals surface area (Å²) >= 11 is 0. The quantitative estimate of drug-likeness (QED) is 0.180. The highest BCUT2D eigenvalue weighted by Crippen LogP contribution is 2.52. The molecule has 7 nitrogen and oxygen atoms in total. The maximum absolute atomic E-state index is 12.5. The van der Waals surface area contributed by atoms with Crippen LogP contribution in [0.25, 0.3) is 0 Å². The topological polar surface area (TPSA) is 94.0 Å². The van der Waals surface area contributed by atoms with Crippen molar-refractivity contribution in [2.24, 2.45) is 28.7 Å². The number of nitrogens with one attached hydrogen (secondary N) is 2. The molecule has 0 aromatic rings. The van der Waals surface area contributed by atoms with Gasteiger partial charge in [-0.15, -0.1) is 24.0 Å². The van der Waals surface area contributed by atoms with Crippen LogP contribution >= 0.6 is 24.0 Å². The summed E-state index contributed by atoms with van der Waals surface area (Å²) in [6.07, 6.45) is 5.15. The lowest BCUT2D eigenvalue weighted by Crippen LogP contribution is -2.44. The Morgan fingerprint density at radius 1 is 1.22 bits per heavy atom. The first kappa shape index (κ1) is 18.2. The van der Waals surface area contributed by atoms with Crippen LogP contribution < -0.4 is 10.6 Å². The number of aliphatic hydroxyl groups excluding tert-OH is 1. The van der Waals surface area contributed by atoms with E-state index in [0.717, 1.165) is 6.42 Å². The average molecular weight is 434 g/mol. The third-order valence-electron chi connectivity index (χ3n) is 4.82. The van der Waals surface area contributed by atoms with Crippen LogP contribution in [0.4, 0.5) is 0 Å². The van der Waals surface area contributed by atoms with Gasteiger partial charge in [-0.3, -0.25) is 19.5 Å². The van der Waals surface area contributed by atoms with Gasteiger partial charge in [-0.2, -0.15) is 0 Å². The summed E-state index contributed by atoms with van der Waals surface area (Å²) in [7, 11) is 1.63. The van der Waals surface area contributed by atoms with Gasteiger partial charge >= 0.3 is 0 Å². The highest BCUT2D eigenvalue weighted by Gasteiger charge is 2.58. The molecule has 1 saturated carbocycles. The molecule has 0 aromatic heterocycles. The van der Waals surface area contributed by atoms with Gasteiger partial charge in [-0.05, 0) is 18.3 Å². The van der Waals surface area contributed by atoms with Gasteiger partial charge in [0.1, 0.15) is 0 Å². The summed E-state index contributed by atoms with van der Waals surface area (Å²) in [6, 6.07) is 0. The lowest BCUT2D eigenvalue weighted by atomic mass is 9.85. The number of allylic oxidation sites excluding steroid dienone is 2. The van der Waals surface area contributed by atoms with E-state index in [1.54, 1.807) is 7.05 Å². The number of halogens is 1. The lowest BCUT2D eigenvalue weighted by molar-refractivity contribution is -0.140. The standard InChI is InChI=1S/C15H22N4O3.HI/c1-16-15(18-5-7-20)17-4-6-19-13(21)11-9-2-3-10(8-9)12(11)14(19)22;/h2-3,9-12,20H,4-8H2,1H3,(H2,16,17,18);1H. The van der Waals surface area contributed by atoms with Crippen LogP contribution in [0, 0.1) is 23.7 Å². The monoisotopic (exact) mass is 434 g/mol. The van der Waals surface area contributed by atoms with Crippen molar-refractivity contribution >= 4 is 41.8 Å². The van der Waals surface area contributed by atoms with Gasteiger partial charge in [-0.1, -0.05) is 12.2 Å². The SMILES string of the molecule is CN=C(NCCO)NCCN1C(=O)C2C3C=CC(C3)C2C1=O.I. The van der Waals surface area contributed by atoms with Crippen LogP contribution in [0.15, 0.2) is 17.1 Å². The Hall–Kier alpha value is -1.16. The summed E-state index contributed by atoms with van der Waals surface area (Å²) in [6.45, 7) is 1.22. The molecule has 1 saturated heterocycles. The van der Waals surface area contributed by atoms with E-state index in [2.05, 4.69) is 27.8 Å². The molecule has 0 radical (unpaired) electrons. The molecule has 3 rings (SSSR count). The van der Waals surface area contributed by atoms with Crippen LogP contribution in [0.1, 0.15) is 6.42 Å². The molecular formula is C15H23IN4O3. The van der Waals surface area contributed by atoms with E-state index in [9.17, 15) is 9.59 Å². The van der Waals surface area contributed by atoms with Crippen molar-refractivity contribution in [3.8, 4) is 0 Å². The zero-order chi connectivity index (χ0) is 15.7. The Morgan fingerprint density at radius 3 is 2.30 bits per heavy atom. The third-order valence-corrected chi connectivity index (χ3v) is 4.82. The molecule has 3 N–H and O–H groups in total. The van der Waals surface area contributed by atoms with E-state index in [4.69, 9.17) is 5.11 Å². The van der Waals surface area contributed by atoms with Gasteiger partial charge < -0.3 is 15.7 Å². The fourth-order valence-corrected chi connectivity index (χ4v) is 3.87. The molecule has 2 amide bonds. The molecule has 1 aliphatic heterocycles. The molecular weight excluding hydrogens is 411 g/mol. The van der Waals surface area contributed by atoms with Crippen molar-refractivity contribution in [2.45, 2.75) is 6.42 Å². The first-order valence-corrected chi connectivity index (χ1v) is 7.76. The average Bonchev–Trinajstić information content (AvgIpc) is 3.19. The first-order chi connectivity index (χ1) is 10.7. The Labute approximate surface area is 152 Å². The minimum atomic E-state index is -0.130. The molecule has 2 aliphatic carbocycles. The summed E-state index contributed by atoms with van der Waals surface area (Å²) in [5, 5.41) is 14.7. The number of carbonyl (C=O) groups excluding carboxylic acids is 2. The maximum Gasteiger partial charge on any atom is 0.233 e. The number of hydrogen-bond acceptors (Lipinski definition) is 4. The minimum Gasteiger partial charge on any atom is -0.395 e. The van der Waals surface area contributed by atoms with E-state index in [-0.39, 0.29) is 66.1 Å². The van der Waals surface area contributed by atoms with Gasteiger partial charge in [-0.25, -0.2) is 0 Å². The molecule has 2 fully saturated rings. The normalized spacial score (nSPS) is 31.4. The Bertz CT molecular complexity index is 507. The molecule has 4 unspecified atom stereocenters. The second-order valence-corrected chi connectivity index (χ2v) is 5.98. The lowest BCUT2D eigenvalue weighted by Gasteiger charge is -2.18. The number of hydrogen-bond donors (Lipinski definition) is 3. The highest BCUT2D eigenvalue weighted by molar-refractivity contribution is 14.0. The largest absolute Gasteiger partial charge is 0.395 e. The van der Waals surface area contributed by atoms with Crippen LogP contribution in [-0.2, 0) is 9.59 Å². The van der Waals surface area contributed by atoms with E-state index in [0.29, 0.717) is 25.6 Å². The first-order valence-electron chi connectivity index (χ1n) is 7.76. The Morgan fingerprint density at radius 2 is 1.78 bits per heavy atom. The molecule has 23 heavy (non-hydrogen) atoms. The molecule has 0 aromatic carbocycles. The number of aliphatic hydroxyl groups is 1. The number of amides is 2. The molecule has 3 aliphatic rings. The van der Waals surface area contributed by atoms with Crippen molar-refractivity contribution in [3.63, 3.8) is 0 Å². The second kappa shape index (κ2) is 7.61. The van der Waals surface area contributed by atoms with E-state index >= 15 is 0 Å². The highest BCUT2D eigenvalue weighted by atomic mass is 127. The minimum absolute atomic E-state index is 0. The number of carbonyl (C=O) groups is 2. The van der Waals surface area contributed by atoms with E-state index < -0.39 is 0 Å². The zero-order valence-electron chi connectivity index (χ0n) is 13.1. The van der Waals surface area contributed by atoms with Crippen LogP contribution in [0.3, 0.4) is 0 Å². The van der Waals surface area contributed by atoms with Crippen LogP contribution in [0.2, 0.25) is 0 Å². The number of nitrogens with zero attached hydrogens (tertiary/aromatic N) is 2. The Balaban J connectivity index is 0.00000192. The summed E-state index contributed by atoms with van der Waals surface area (Å²) in [5.74, 6) is 0.754. The number of likely N-dealkylation sites (tertiary alicyclic amines) is 1. The molecule has 8 heteroatoms. The predicted octanol–water partition coefficient (Wildman–Crippen LogP) is -0.431. The zero-order valence-corrected chi connectivity index (χ0v) is 15.4. The number of fused-ring (bicyclic) bond motifs is 5. The van der Waals surface area contributed by atoms with Crippen molar-refractivity contribution in [1.29, 1.82) is 0 Å². The fraction of sp³-hybridized carbons (Fsp3) is 0.667. The number of guanidine groups is 1. The van der Waals surface area contributed by atoms with E-state index in [1.807, 2.05) is 0 Å². The third kappa shape index (κ3) is 3.23. The van der Waals surface area contributed by atoms with Crippen molar-refractivity contribution < 1.29 is 14.7 Å². The van der Waals surface area contributed by atoms with Crippen LogP contribution in [0.5, 0.6) is 0 Å². The molecule has 1 heterocycles. The van der Waals surface area contributed by atoms with E-state index in [1.165, 1.54) is 4.90 Å². The van der Waals surface area contributed by atoms with Gasteiger partial charge in [0.15, 0.2) is 5.96 Å². The smallest absolute Gasteiger partial charge is 0.233 e. The summed E-state index contributed by atoms with van der Waals surface area (Å²) in [5.41, 5.74) is 0. The molecule has 0 spiro atoms. The van der Waals surface area contributed by atoms with Gasteiger partial charge in [0.05, 0.1) is 18.4 Å². The van der Waals surface area contributed by atoms with Crippen molar-refractivity contribution in [3.05, 3.63) is 12.2 Å². The molecule has 128 valence electrons. The van der Waals surface area contributed by atoms with Crippen LogP contribution in [-0.4, -0.2) is 61.1 Å². The second-order valence-electron chi connectivity index (χ2n) is 5.98.